The third-order valence-corrected chi connectivity index (χ3v) is 6.74. The fourth-order valence-electron chi connectivity index (χ4n) is 3.02. The second kappa shape index (κ2) is 8.32. The lowest BCUT2D eigenvalue weighted by Gasteiger charge is -2.21. The molecule has 152 valence electrons. The van der Waals surface area contributed by atoms with Crippen LogP contribution >= 0.6 is 0 Å². The normalized spacial score (nSPS) is 14.3. The maximum absolute atomic E-state index is 13.0. The van der Waals surface area contributed by atoms with E-state index in [-0.39, 0.29) is 16.3 Å². The van der Waals surface area contributed by atoms with Gasteiger partial charge in [-0.05, 0) is 44.0 Å². The van der Waals surface area contributed by atoms with Crippen molar-refractivity contribution in [2.24, 2.45) is 0 Å². The van der Waals surface area contributed by atoms with E-state index in [1.807, 2.05) is 0 Å². The summed E-state index contributed by atoms with van der Waals surface area (Å²) in [6.07, 6.45) is 2.21. The molecule has 28 heavy (non-hydrogen) atoms. The Bertz CT molecular complexity index is 947. The van der Waals surface area contributed by atoms with Crippen molar-refractivity contribution in [3.63, 3.8) is 0 Å². The number of benzene rings is 1. The van der Waals surface area contributed by atoms with Crippen LogP contribution in [0.15, 0.2) is 29.2 Å². The van der Waals surface area contributed by atoms with Gasteiger partial charge in [-0.25, -0.2) is 8.42 Å². The number of amides is 1. The van der Waals surface area contributed by atoms with Crippen molar-refractivity contribution in [1.29, 1.82) is 0 Å². The number of ether oxygens (including phenoxy) is 1. The highest BCUT2D eigenvalue weighted by atomic mass is 32.2. The van der Waals surface area contributed by atoms with Crippen molar-refractivity contribution in [3.05, 3.63) is 35.7 Å². The number of hydrogen-bond acceptors (Lipinski definition) is 5. The molecular formula is C19H26N4O4S. The van der Waals surface area contributed by atoms with Gasteiger partial charge in [0.05, 0.1) is 6.61 Å². The third-order valence-electron chi connectivity index (χ3n) is 4.67. The number of carbonyl (C=O) groups excluding carboxylic acids is 1. The summed E-state index contributed by atoms with van der Waals surface area (Å²) in [5.41, 5.74) is 1.61. The zero-order valence-electron chi connectivity index (χ0n) is 16.4. The molecule has 8 nitrogen and oxygen atoms in total. The van der Waals surface area contributed by atoms with Gasteiger partial charge in [0.2, 0.25) is 10.0 Å². The zero-order valence-corrected chi connectivity index (χ0v) is 17.2. The van der Waals surface area contributed by atoms with Gasteiger partial charge in [-0.15, -0.1) is 0 Å². The van der Waals surface area contributed by atoms with Crippen LogP contribution in [-0.2, 0) is 10.0 Å². The van der Waals surface area contributed by atoms with E-state index >= 15 is 0 Å². The molecule has 2 N–H and O–H groups in total. The Labute approximate surface area is 165 Å². The van der Waals surface area contributed by atoms with Crippen LogP contribution in [0.25, 0.3) is 0 Å². The number of carbonyl (C=O) groups is 1. The van der Waals surface area contributed by atoms with Crippen molar-refractivity contribution in [3.8, 4) is 5.75 Å². The molecule has 0 atom stereocenters. The lowest BCUT2D eigenvalue weighted by molar-refractivity contribution is 0.102. The molecule has 9 heteroatoms. The van der Waals surface area contributed by atoms with Gasteiger partial charge in [-0.2, -0.15) is 9.40 Å². The molecule has 1 aromatic heterocycles. The molecule has 0 radical (unpaired) electrons. The van der Waals surface area contributed by atoms with Gasteiger partial charge in [0.1, 0.15) is 10.6 Å². The SMILES string of the molecule is CCOc1ccc(NC(=O)c2cc(C3CC3)[nH]n2)cc1S(=O)(=O)N(CC)CC. The number of anilines is 1. The van der Waals surface area contributed by atoms with Crippen molar-refractivity contribution < 1.29 is 17.9 Å². The fraction of sp³-hybridized carbons (Fsp3) is 0.474. The maximum atomic E-state index is 13.0. The Morgan fingerprint density at radius 2 is 1.96 bits per heavy atom. The summed E-state index contributed by atoms with van der Waals surface area (Å²) in [6.45, 7) is 6.38. The van der Waals surface area contributed by atoms with Gasteiger partial charge in [-0.1, -0.05) is 13.8 Å². The van der Waals surface area contributed by atoms with Gasteiger partial charge < -0.3 is 10.1 Å². The van der Waals surface area contributed by atoms with Crippen LogP contribution in [0.1, 0.15) is 55.7 Å². The number of aromatic amines is 1. The summed E-state index contributed by atoms with van der Waals surface area (Å²) in [6, 6.07) is 6.37. The van der Waals surface area contributed by atoms with Gasteiger partial charge in [0.25, 0.3) is 5.91 Å². The molecule has 0 bridgehead atoms. The predicted molar refractivity (Wildman–Crippen MR) is 106 cm³/mol. The topological polar surface area (TPSA) is 104 Å². The summed E-state index contributed by atoms with van der Waals surface area (Å²) in [5, 5.41) is 9.68. The number of hydrogen-bond donors (Lipinski definition) is 2. The van der Waals surface area contributed by atoms with Crippen LogP contribution in [0, 0.1) is 0 Å². The Morgan fingerprint density at radius 3 is 2.57 bits per heavy atom. The first-order valence-electron chi connectivity index (χ1n) is 9.54. The molecule has 1 aliphatic carbocycles. The average Bonchev–Trinajstić information content (AvgIpc) is 3.40. The van der Waals surface area contributed by atoms with Gasteiger partial charge >= 0.3 is 0 Å². The van der Waals surface area contributed by atoms with E-state index in [1.54, 1.807) is 39.0 Å². The molecule has 0 saturated heterocycles. The van der Waals surface area contributed by atoms with Crippen molar-refractivity contribution in [2.45, 2.75) is 44.4 Å². The summed E-state index contributed by atoms with van der Waals surface area (Å²) in [5.74, 6) is 0.340. The molecule has 0 spiro atoms. The van der Waals surface area contributed by atoms with Crippen LogP contribution in [0.3, 0.4) is 0 Å². The fourth-order valence-corrected chi connectivity index (χ4v) is 4.63. The molecule has 0 unspecified atom stereocenters. The standard InChI is InChI=1S/C19H26N4O4S/c1-4-23(5-2)28(25,26)18-11-14(9-10-17(18)27-6-3)20-19(24)16-12-15(21-22-16)13-7-8-13/h9-13H,4-8H2,1-3H3,(H,20,24)(H,21,22). The number of H-pyrrole nitrogens is 1. The van der Waals surface area contributed by atoms with E-state index < -0.39 is 15.9 Å². The Hall–Kier alpha value is -2.39. The maximum Gasteiger partial charge on any atom is 0.276 e. The molecule has 1 aromatic carbocycles. The van der Waals surface area contributed by atoms with E-state index in [9.17, 15) is 13.2 Å². The number of nitrogens with zero attached hydrogens (tertiary/aromatic N) is 2. The molecule has 2 aromatic rings. The lowest BCUT2D eigenvalue weighted by Crippen LogP contribution is -2.31. The molecule has 1 amide bonds. The van der Waals surface area contributed by atoms with Gasteiger partial charge in [-0.3, -0.25) is 9.89 Å². The Balaban J connectivity index is 1.88. The smallest absolute Gasteiger partial charge is 0.276 e. The molecule has 3 rings (SSSR count). The summed E-state index contributed by atoms with van der Waals surface area (Å²) < 4.78 is 32.9. The molecule has 1 fully saturated rings. The zero-order chi connectivity index (χ0) is 20.3. The number of sulfonamides is 1. The van der Waals surface area contributed by atoms with E-state index in [0.717, 1.165) is 18.5 Å². The average molecular weight is 407 g/mol. The van der Waals surface area contributed by atoms with Gasteiger partial charge in [0.15, 0.2) is 5.69 Å². The minimum Gasteiger partial charge on any atom is -0.492 e. The molecular weight excluding hydrogens is 380 g/mol. The largest absolute Gasteiger partial charge is 0.492 e. The third kappa shape index (κ3) is 4.20. The Kier molecular flexibility index (Phi) is 6.04. The second-order valence-corrected chi connectivity index (χ2v) is 8.53. The van der Waals surface area contributed by atoms with Crippen molar-refractivity contribution >= 4 is 21.6 Å². The van der Waals surface area contributed by atoms with E-state index in [0.29, 0.717) is 31.3 Å². The summed E-state index contributed by atoms with van der Waals surface area (Å²) in [4.78, 5) is 12.5. The minimum absolute atomic E-state index is 0.0385. The molecule has 0 aliphatic heterocycles. The highest BCUT2D eigenvalue weighted by Crippen LogP contribution is 2.39. The highest BCUT2D eigenvalue weighted by Gasteiger charge is 2.28. The van der Waals surface area contributed by atoms with E-state index in [4.69, 9.17) is 4.74 Å². The second-order valence-electron chi connectivity index (χ2n) is 6.62. The highest BCUT2D eigenvalue weighted by molar-refractivity contribution is 7.89. The summed E-state index contributed by atoms with van der Waals surface area (Å²) >= 11 is 0. The first-order valence-corrected chi connectivity index (χ1v) is 11.0. The number of nitrogens with one attached hydrogen (secondary N) is 2. The van der Waals surface area contributed by atoms with Crippen LogP contribution in [0.5, 0.6) is 5.75 Å². The molecule has 1 aliphatic rings. The molecule has 1 saturated carbocycles. The van der Waals surface area contributed by atoms with Gasteiger partial charge in [0, 0.05) is 30.4 Å². The van der Waals surface area contributed by atoms with E-state index in [1.165, 1.54) is 10.4 Å². The number of rotatable bonds is 9. The van der Waals surface area contributed by atoms with Crippen LogP contribution in [-0.4, -0.2) is 48.5 Å². The first kappa shape index (κ1) is 20.3. The van der Waals surface area contributed by atoms with Crippen molar-refractivity contribution in [1.82, 2.24) is 14.5 Å². The lowest BCUT2D eigenvalue weighted by atomic mass is 10.2. The van der Waals surface area contributed by atoms with Crippen LogP contribution in [0.4, 0.5) is 5.69 Å². The predicted octanol–water partition coefficient (Wildman–Crippen LogP) is 2.97. The van der Waals surface area contributed by atoms with Crippen LogP contribution < -0.4 is 10.1 Å². The van der Waals surface area contributed by atoms with E-state index in [2.05, 4.69) is 15.5 Å². The quantitative estimate of drug-likeness (QED) is 0.666. The number of aromatic nitrogens is 2. The minimum atomic E-state index is -3.74. The first-order chi connectivity index (χ1) is 13.4. The van der Waals surface area contributed by atoms with Crippen molar-refractivity contribution in [2.75, 3.05) is 25.0 Å². The summed E-state index contributed by atoms with van der Waals surface area (Å²) in [7, 11) is -3.74. The monoisotopic (exact) mass is 406 g/mol. The molecule has 1 heterocycles. The van der Waals surface area contributed by atoms with Crippen LogP contribution in [0.2, 0.25) is 0 Å². The Morgan fingerprint density at radius 1 is 1.25 bits per heavy atom.